The van der Waals surface area contributed by atoms with Crippen molar-refractivity contribution in [3.63, 3.8) is 0 Å². The molecule has 1 aromatic heterocycles. The Labute approximate surface area is 122 Å². The first-order valence-corrected chi connectivity index (χ1v) is 7.68. The van der Waals surface area contributed by atoms with Gasteiger partial charge in [0.25, 0.3) is 0 Å². The standard InChI is InChI=1S/C14H20N2O3S/c1-3-4-7-19-14(18)13-12(15)10-8-16(9(2)17)6-5-11(10)20-13/h3-8,15H2,1-2H3. The molecule has 0 saturated heterocycles. The van der Waals surface area contributed by atoms with Crippen LogP contribution in [0.3, 0.4) is 0 Å². The van der Waals surface area contributed by atoms with Crippen molar-refractivity contribution in [2.45, 2.75) is 39.7 Å². The Kier molecular flexibility index (Phi) is 4.65. The topological polar surface area (TPSA) is 72.6 Å². The lowest BCUT2D eigenvalue weighted by molar-refractivity contribution is -0.129. The van der Waals surface area contributed by atoms with Gasteiger partial charge in [0, 0.05) is 30.5 Å². The summed E-state index contributed by atoms with van der Waals surface area (Å²) in [7, 11) is 0. The van der Waals surface area contributed by atoms with Crippen LogP contribution in [0, 0.1) is 0 Å². The summed E-state index contributed by atoms with van der Waals surface area (Å²) in [6.07, 6.45) is 2.60. The van der Waals surface area contributed by atoms with Gasteiger partial charge in [-0.3, -0.25) is 4.79 Å². The van der Waals surface area contributed by atoms with Gasteiger partial charge in [-0.05, 0) is 12.8 Å². The van der Waals surface area contributed by atoms with E-state index in [1.165, 1.54) is 11.3 Å². The van der Waals surface area contributed by atoms with Crippen molar-refractivity contribution < 1.29 is 14.3 Å². The number of fused-ring (bicyclic) bond motifs is 1. The average Bonchev–Trinajstić information content (AvgIpc) is 2.76. The maximum atomic E-state index is 12.0. The summed E-state index contributed by atoms with van der Waals surface area (Å²) < 4.78 is 5.21. The normalized spacial score (nSPS) is 14.0. The molecule has 0 atom stereocenters. The van der Waals surface area contributed by atoms with Crippen LogP contribution in [0.4, 0.5) is 5.69 Å². The number of esters is 1. The van der Waals surface area contributed by atoms with Crippen molar-refractivity contribution in [3.05, 3.63) is 15.3 Å². The fourth-order valence-electron chi connectivity index (χ4n) is 2.20. The summed E-state index contributed by atoms with van der Waals surface area (Å²) in [5.41, 5.74) is 7.46. The SMILES string of the molecule is CCCCOC(=O)c1sc2c(c1N)CN(C(C)=O)CC2. The second-order valence-electron chi connectivity index (χ2n) is 4.93. The van der Waals surface area contributed by atoms with E-state index in [1.807, 2.05) is 6.92 Å². The molecule has 2 heterocycles. The van der Waals surface area contributed by atoms with Crippen LogP contribution >= 0.6 is 11.3 Å². The van der Waals surface area contributed by atoms with Gasteiger partial charge in [0.05, 0.1) is 12.3 Å². The minimum atomic E-state index is -0.343. The van der Waals surface area contributed by atoms with Crippen molar-refractivity contribution >= 4 is 28.9 Å². The lowest BCUT2D eigenvalue weighted by atomic mass is 10.1. The van der Waals surface area contributed by atoms with Crippen LogP contribution in [-0.2, 0) is 22.5 Å². The third-order valence-electron chi connectivity index (χ3n) is 3.45. The lowest BCUT2D eigenvalue weighted by Gasteiger charge is -2.26. The molecule has 0 spiro atoms. The molecule has 0 radical (unpaired) electrons. The van der Waals surface area contributed by atoms with E-state index < -0.39 is 0 Å². The number of nitrogens with zero attached hydrogens (tertiary/aromatic N) is 1. The van der Waals surface area contributed by atoms with Gasteiger partial charge in [-0.2, -0.15) is 0 Å². The van der Waals surface area contributed by atoms with Crippen molar-refractivity contribution in [2.24, 2.45) is 0 Å². The molecule has 0 fully saturated rings. The Morgan fingerprint density at radius 3 is 2.85 bits per heavy atom. The molecule has 0 aromatic carbocycles. The molecule has 1 aromatic rings. The third-order valence-corrected chi connectivity index (χ3v) is 4.74. The van der Waals surface area contributed by atoms with E-state index in [-0.39, 0.29) is 11.9 Å². The molecule has 2 rings (SSSR count). The minimum absolute atomic E-state index is 0.0355. The summed E-state index contributed by atoms with van der Waals surface area (Å²) in [6.45, 7) is 5.20. The minimum Gasteiger partial charge on any atom is -0.461 e. The molecular formula is C14H20N2O3S. The van der Waals surface area contributed by atoms with Crippen molar-refractivity contribution in [1.29, 1.82) is 0 Å². The zero-order chi connectivity index (χ0) is 14.7. The number of hydrogen-bond acceptors (Lipinski definition) is 5. The van der Waals surface area contributed by atoms with Gasteiger partial charge in [0.15, 0.2) is 0 Å². The van der Waals surface area contributed by atoms with Crippen molar-refractivity contribution in [1.82, 2.24) is 4.90 Å². The van der Waals surface area contributed by atoms with E-state index in [0.717, 1.165) is 29.7 Å². The predicted molar refractivity (Wildman–Crippen MR) is 78.7 cm³/mol. The molecule has 2 N–H and O–H groups in total. The average molecular weight is 296 g/mol. The number of unbranched alkanes of at least 4 members (excludes halogenated alkanes) is 1. The van der Waals surface area contributed by atoms with E-state index in [2.05, 4.69) is 0 Å². The monoisotopic (exact) mass is 296 g/mol. The highest BCUT2D eigenvalue weighted by Gasteiger charge is 2.27. The second-order valence-corrected chi connectivity index (χ2v) is 6.03. The van der Waals surface area contributed by atoms with Crippen LogP contribution in [0.1, 0.15) is 46.8 Å². The zero-order valence-electron chi connectivity index (χ0n) is 11.9. The molecule has 110 valence electrons. The van der Waals surface area contributed by atoms with Gasteiger partial charge < -0.3 is 15.4 Å². The van der Waals surface area contributed by atoms with Gasteiger partial charge in [-0.15, -0.1) is 11.3 Å². The lowest BCUT2D eigenvalue weighted by Crippen LogP contribution is -2.33. The molecule has 1 aliphatic rings. The van der Waals surface area contributed by atoms with Gasteiger partial charge >= 0.3 is 5.97 Å². The van der Waals surface area contributed by atoms with E-state index in [1.54, 1.807) is 11.8 Å². The van der Waals surface area contributed by atoms with Crippen LogP contribution in [0.2, 0.25) is 0 Å². The van der Waals surface area contributed by atoms with E-state index in [0.29, 0.717) is 30.3 Å². The van der Waals surface area contributed by atoms with Crippen molar-refractivity contribution in [2.75, 3.05) is 18.9 Å². The number of carbonyl (C=O) groups excluding carboxylic acids is 2. The molecule has 0 bridgehead atoms. The summed E-state index contributed by atoms with van der Waals surface area (Å²) in [5.74, 6) is -0.307. The third kappa shape index (κ3) is 2.95. The number of nitrogen functional groups attached to an aromatic ring is 1. The maximum absolute atomic E-state index is 12.0. The summed E-state index contributed by atoms with van der Waals surface area (Å²) in [6, 6.07) is 0. The molecular weight excluding hydrogens is 276 g/mol. The Balaban J connectivity index is 2.14. The smallest absolute Gasteiger partial charge is 0.350 e. The second kappa shape index (κ2) is 6.26. The number of carbonyl (C=O) groups is 2. The Bertz CT molecular complexity index is 525. The molecule has 0 saturated carbocycles. The molecule has 1 amide bonds. The molecule has 6 heteroatoms. The summed E-state index contributed by atoms with van der Waals surface area (Å²) in [5, 5.41) is 0. The van der Waals surface area contributed by atoms with Gasteiger partial charge in [0.1, 0.15) is 4.88 Å². The zero-order valence-corrected chi connectivity index (χ0v) is 12.7. The van der Waals surface area contributed by atoms with Crippen LogP contribution in [0.25, 0.3) is 0 Å². The number of thiophene rings is 1. The number of hydrogen-bond donors (Lipinski definition) is 1. The summed E-state index contributed by atoms with van der Waals surface area (Å²) >= 11 is 1.40. The first kappa shape index (κ1) is 14.8. The number of nitrogens with two attached hydrogens (primary N) is 1. The van der Waals surface area contributed by atoms with Gasteiger partial charge in [-0.1, -0.05) is 13.3 Å². The van der Waals surface area contributed by atoms with Gasteiger partial charge in [0.2, 0.25) is 5.91 Å². The molecule has 1 aliphatic heterocycles. The predicted octanol–water partition coefficient (Wildman–Crippen LogP) is 2.19. The maximum Gasteiger partial charge on any atom is 0.350 e. The van der Waals surface area contributed by atoms with Crippen LogP contribution in [-0.4, -0.2) is 29.9 Å². The fourth-order valence-corrected chi connectivity index (χ4v) is 3.32. The van der Waals surface area contributed by atoms with Crippen molar-refractivity contribution in [3.8, 4) is 0 Å². The number of rotatable bonds is 4. The van der Waals surface area contributed by atoms with E-state index in [9.17, 15) is 9.59 Å². The highest BCUT2D eigenvalue weighted by Crippen LogP contribution is 2.35. The number of amides is 1. The fraction of sp³-hybridized carbons (Fsp3) is 0.571. The molecule has 5 nitrogen and oxygen atoms in total. The quantitative estimate of drug-likeness (QED) is 0.683. The molecule has 0 unspecified atom stereocenters. The van der Waals surface area contributed by atoms with Crippen LogP contribution in [0.15, 0.2) is 0 Å². The summed E-state index contributed by atoms with van der Waals surface area (Å²) in [4.78, 5) is 26.8. The van der Waals surface area contributed by atoms with E-state index in [4.69, 9.17) is 10.5 Å². The van der Waals surface area contributed by atoms with Crippen LogP contribution < -0.4 is 5.73 Å². The molecule has 0 aliphatic carbocycles. The molecule has 20 heavy (non-hydrogen) atoms. The first-order chi connectivity index (χ1) is 9.54. The number of anilines is 1. The Morgan fingerprint density at radius 2 is 2.20 bits per heavy atom. The van der Waals surface area contributed by atoms with Crippen LogP contribution in [0.5, 0.6) is 0 Å². The Morgan fingerprint density at radius 1 is 1.45 bits per heavy atom. The first-order valence-electron chi connectivity index (χ1n) is 6.87. The van der Waals surface area contributed by atoms with E-state index >= 15 is 0 Å². The van der Waals surface area contributed by atoms with Gasteiger partial charge in [-0.25, -0.2) is 4.79 Å². The highest BCUT2D eigenvalue weighted by atomic mass is 32.1. The number of ether oxygens (including phenoxy) is 1. The Hall–Kier alpha value is -1.56. The largest absolute Gasteiger partial charge is 0.461 e. The highest BCUT2D eigenvalue weighted by molar-refractivity contribution is 7.14.